The van der Waals surface area contributed by atoms with Crippen LogP contribution in [-0.4, -0.2) is 38.2 Å². The van der Waals surface area contributed by atoms with Crippen LogP contribution in [-0.2, 0) is 12.1 Å². The number of amides is 1. The number of hydrogen-bond acceptors (Lipinski definition) is 5. The summed E-state index contributed by atoms with van der Waals surface area (Å²) in [7, 11) is 1.55. The third-order valence-electron chi connectivity index (χ3n) is 4.20. The lowest BCUT2D eigenvalue weighted by molar-refractivity contribution is 0.0734. The molecule has 0 saturated heterocycles. The SMILES string of the molecule is COc1ccc(-n2nc(C(C)(C)O)cc2-c2ccc(CNC(=O)O)cc2)cn1. The zero-order valence-corrected chi connectivity index (χ0v) is 15.9. The molecular weight excluding hydrogens is 360 g/mol. The van der Waals surface area contributed by atoms with Crippen molar-refractivity contribution in [2.75, 3.05) is 7.11 Å². The molecule has 2 aromatic heterocycles. The molecule has 8 heteroatoms. The Labute approximate surface area is 162 Å². The summed E-state index contributed by atoms with van der Waals surface area (Å²) in [6, 6.07) is 12.9. The molecule has 1 aromatic carbocycles. The van der Waals surface area contributed by atoms with Gasteiger partial charge in [0.05, 0.1) is 30.4 Å². The van der Waals surface area contributed by atoms with E-state index in [1.807, 2.05) is 36.4 Å². The summed E-state index contributed by atoms with van der Waals surface area (Å²) in [5, 5.41) is 26.0. The van der Waals surface area contributed by atoms with Crippen molar-refractivity contribution in [2.45, 2.75) is 26.0 Å². The maximum atomic E-state index is 10.6. The smallest absolute Gasteiger partial charge is 0.404 e. The minimum Gasteiger partial charge on any atom is -0.481 e. The first-order valence-electron chi connectivity index (χ1n) is 8.67. The van der Waals surface area contributed by atoms with E-state index in [2.05, 4.69) is 15.4 Å². The molecule has 0 spiro atoms. The maximum absolute atomic E-state index is 10.6. The zero-order valence-electron chi connectivity index (χ0n) is 15.9. The van der Waals surface area contributed by atoms with E-state index in [9.17, 15) is 9.90 Å². The van der Waals surface area contributed by atoms with Gasteiger partial charge in [0, 0.05) is 18.2 Å². The molecule has 0 aliphatic carbocycles. The van der Waals surface area contributed by atoms with Crippen molar-refractivity contribution in [1.82, 2.24) is 20.1 Å². The van der Waals surface area contributed by atoms with Crippen LogP contribution in [0.1, 0.15) is 25.1 Å². The maximum Gasteiger partial charge on any atom is 0.404 e. The second-order valence-corrected chi connectivity index (χ2v) is 6.80. The van der Waals surface area contributed by atoms with Gasteiger partial charge in [-0.25, -0.2) is 14.5 Å². The molecule has 0 aliphatic heterocycles. The van der Waals surface area contributed by atoms with Crippen LogP contribution in [0.15, 0.2) is 48.7 Å². The number of nitrogens with zero attached hydrogens (tertiary/aromatic N) is 3. The summed E-state index contributed by atoms with van der Waals surface area (Å²) in [6.45, 7) is 3.58. The number of hydrogen-bond donors (Lipinski definition) is 3. The van der Waals surface area contributed by atoms with Gasteiger partial charge < -0.3 is 20.3 Å². The van der Waals surface area contributed by atoms with Crippen molar-refractivity contribution in [3.05, 3.63) is 59.9 Å². The first-order valence-corrected chi connectivity index (χ1v) is 8.67. The summed E-state index contributed by atoms with van der Waals surface area (Å²) in [5.74, 6) is 0.496. The van der Waals surface area contributed by atoms with E-state index < -0.39 is 11.7 Å². The highest BCUT2D eigenvalue weighted by atomic mass is 16.5. The minimum atomic E-state index is -1.11. The number of rotatable bonds is 6. The molecule has 3 aromatic rings. The summed E-state index contributed by atoms with van der Waals surface area (Å²) in [4.78, 5) is 14.9. The Bertz CT molecular complexity index is 957. The Morgan fingerprint density at radius 1 is 1.21 bits per heavy atom. The molecule has 3 N–H and O–H groups in total. The van der Waals surface area contributed by atoms with Crippen molar-refractivity contribution >= 4 is 6.09 Å². The Hall–Kier alpha value is -3.39. The van der Waals surface area contributed by atoms with Gasteiger partial charge in [-0.1, -0.05) is 24.3 Å². The first-order chi connectivity index (χ1) is 13.3. The van der Waals surface area contributed by atoms with Gasteiger partial charge in [-0.15, -0.1) is 0 Å². The highest BCUT2D eigenvalue weighted by molar-refractivity contribution is 5.65. The van der Waals surface area contributed by atoms with Crippen molar-refractivity contribution in [2.24, 2.45) is 0 Å². The van der Waals surface area contributed by atoms with Crippen LogP contribution in [0.3, 0.4) is 0 Å². The molecular formula is C20H22N4O4. The standard InChI is InChI=1S/C20H22N4O4/c1-20(2,27)17-10-16(14-6-4-13(5-7-14)11-22-19(25)26)24(23-17)15-8-9-18(28-3)21-12-15/h4-10,12,22,27H,11H2,1-3H3,(H,25,26). The molecule has 8 nitrogen and oxygen atoms in total. The van der Waals surface area contributed by atoms with E-state index in [1.54, 1.807) is 37.9 Å². The largest absolute Gasteiger partial charge is 0.481 e. The Kier molecular flexibility index (Phi) is 5.32. The number of benzene rings is 1. The van der Waals surface area contributed by atoms with Crippen molar-refractivity contribution < 1.29 is 19.7 Å². The van der Waals surface area contributed by atoms with Crippen molar-refractivity contribution in [3.8, 4) is 22.8 Å². The lowest BCUT2D eigenvalue weighted by Gasteiger charge is -2.13. The highest BCUT2D eigenvalue weighted by Gasteiger charge is 2.23. The van der Waals surface area contributed by atoms with Gasteiger partial charge >= 0.3 is 6.09 Å². The van der Waals surface area contributed by atoms with Crippen LogP contribution in [0.5, 0.6) is 5.88 Å². The predicted molar refractivity (Wildman–Crippen MR) is 103 cm³/mol. The molecule has 0 saturated carbocycles. The van der Waals surface area contributed by atoms with E-state index >= 15 is 0 Å². The lowest BCUT2D eigenvalue weighted by Crippen LogP contribution is -2.19. The number of methoxy groups -OCH3 is 1. The van der Waals surface area contributed by atoms with Gasteiger partial charge in [0.15, 0.2) is 0 Å². The quantitative estimate of drug-likeness (QED) is 0.605. The Morgan fingerprint density at radius 3 is 2.46 bits per heavy atom. The molecule has 146 valence electrons. The van der Waals surface area contributed by atoms with E-state index in [1.165, 1.54) is 0 Å². The molecule has 2 heterocycles. The summed E-state index contributed by atoms with van der Waals surface area (Å²) in [6.07, 6.45) is 0.582. The number of pyridine rings is 1. The van der Waals surface area contributed by atoms with Gasteiger partial charge in [-0.2, -0.15) is 5.10 Å². The average Bonchev–Trinajstić information content (AvgIpc) is 3.13. The topological polar surface area (TPSA) is 110 Å². The van der Waals surface area contributed by atoms with Gasteiger partial charge in [0.1, 0.15) is 5.60 Å². The van der Waals surface area contributed by atoms with Crippen LogP contribution in [0.25, 0.3) is 16.9 Å². The number of carbonyl (C=O) groups is 1. The summed E-state index contributed by atoms with van der Waals surface area (Å²) in [5.41, 5.74) is 2.63. The van der Waals surface area contributed by atoms with Crippen LogP contribution in [0.2, 0.25) is 0 Å². The third-order valence-corrected chi connectivity index (χ3v) is 4.20. The minimum absolute atomic E-state index is 0.228. The first kappa shape index (κ1) is 19.4. The van der Waals surface area contributed by atoms with Crippen LogP contribution in [0.4, 0.5) is 4.79 Å². The molecule has 0 radical (unpaired) electrons. The average molecular weight is 382 g/mol. The molecule has 0 bridgehead atoms. The number of ether oxygens (including phenoxy) is 1. The number of aromatic nitrogens is 3. The summed E-state index contributed by atoms with van der Waals surface area (Å²) < 4.78 is 6.82. The van der Waals surface area contributed by atoms with Gasteiger partial charge in [0.2, 0.25) is 5.88 Å². The van der Waals surface area contributed by atoms with E-state index in [0.29, 0.717) is 11.6 Å². The van der Waals surface area contributed by atoms with Gasteiger partial charge in [-0.3, -0.25) is 0 Å². The number of carboxylic acid groups (broad SMARTS) is 1. The lowest BCUT2D eigenvalue weighted by atomic mass is 10.0. The fourth-order valence-electron chi connectivity index (χ4n) is 2.67. The second-order valence-electron chi connectivity index (χ2n) is 6.80. The fourth-order valence-corrected chi connectivity index (χ4v) is 2.67. The normalized spacial score (nSPS) is 11.3. The zero-order chi connectivity index (χ0) is 20.3. The van der Waals surface area contributed by atoms with Crippen molar-refractivity contribution in [3.63, 3.8) is 0 Å². The third kappa shape index (κ3) is 4.29. The predicted octanol–water partition coefficient (Wildman–Crippen LogP) is 2.94. The van der Waals surface area contributed by atoms with Gasteiger partial charge in [-0.05, 0) is 31.5 Å². The molecule has 1 amide bonds. The molecule has 3 rings (SSSR count). The van der Waals surface area contributed by atoms with Crippen LogP contribution in [0, 0.1) is 0 Å². The highest BCUT2D eigenvalue weighted by Crippen LogP contribution is 2.29. The monoisotopic (exact) mass is 382 g/mol. The Morgan fingerprint density at radius 2 is 1.93 bits per heavy atom. The molecule has 0 aliphatic rings. The van der Waals surface area contributed by atoms with Crippen molar-refractivity contribution in [1.29, 1.82) is 0 Å². The van der Waals surface area contributed by atoms with E-state index in [-0.39, 0.29) is 6.54 Å². The summed E-state index contributed by atoms with van der Waals surface area (Å²) >= 11 is 0. The molecule has 0 fully saturated rings. The molecule has 0 atom stereocenters. The number of nitrogens with one attached hydrogen (secondary N) is 1. The fraction of sp³-hybridized carbons (Fsp3) is 0.250. The Balaban J connectivity index is 2.01. The number of aliphatic hydroxyl groups is 1. The van der Waals surface area contributed by atoms with E-state index in [4.69, 9.17) is 9.84 Å². The second kappa shape index (κ2) is 7.69. The van der Waals surface area contributed by atoms with Crippen LogP contribution >= 0.6 is 0 Å². The van der Waals surface area contributed by atoms with E-state index in [0.717, 1.165) is 22.5 Å². The van der Waals surface area contributed by atoms with Gasteiger partial charge in [0.25, 0.3) is 0 Å². The van der Waals surface area contributed by atoms with Crippen LogP contribution < -0.4 is 10.1 Å². The molecule has 0 unspecified atom stereocenters. The molecule has 28 heavy (non-hydrogen) atoms.